The predicted octanol–water partition coefficient (Wildman–Crippen LogP) is 2.54. The third-order valence-electron chi connectivity index (χ3n) is 5.91. The minimum atomic E-state index is -2.48. The number of rotatable bonds is 5. The fraction of sp³-hybridized carbons (Fsp3) is 0.524. The lowest BCUT2D eigenvalue weighted by molar-refractivity contribution is -0.208. The zero-order chi connectivity index (χ0) is 24.3. The van der Waals surface area contributed by atoms with Crippen LogP contribution in [0.2, 0.25) is 0 Å². The van der Waals surface area contributed by atoms with Crippen molar-refractivity contribution in [1.82, 2.24) is 24.3 Å². The monoisotopic (exact) mass is 426 g/mol. The summed E-state index contributed by atoms with van der Waals surface area (Å²) in [6.45, 7) is 4.85. The molecular formula is C21H25N7O3. The molecule has 2 fully saturated rings. The molecule has 162 valence electrons. The van der Waals surface area contributed by atoms with E-state index in [0.717, 1.165) is 10.1 Å². The van der Waals surface area contributed by atoms with Crippen LogP contribution in [-0.4, -0.2) is 55.8 Å². The SMILES string of the molecule is [2H]C([2H])([2H])n1cc(Nc2ncc3cc(C#N)n([C@H]4COC[C@@H]4C)c3n2)c(O[C@H]2COC2(C)C)n1. The Labute approximate surface area is 184 Å². The highest BCUT2D eigenvalue weighted by atomic mass is 16.6. The topological polar surface area (TPSA) is 112 Å². The summed E-state index contributed by atoms with van der Waals surface area (Å²) >= 11 is 0. The Kier molecular flexibility index (Phi) is 3.85. The predicted molar refractivity (Wildman–Crippen MR) is 112 cm³/mol. The van der Waals surface area contributed by atoms with E-state index >= 15 is 0 Å². The van der Waals surface area contributed by atoms with Crippen molar-refractivity contribution < 1.29 is 18.3 Å². The van der Waals surface area contributed by atoms with Gasteiger partial charge in [0.05, 0.1) is 32.1 Å². The number of aryl methyl sites for hydroxylation is 1. The first-order chi connectivity index (χ1) is 16.1. The zero-order valence-electron chi connectivity index (χ0n) is 20.5. The fourth-order valence-corrected chi connectivity index (χ4v) is 3.92. The van der Waals surface area contributed by atoms with Crippen molar-refractivity contribution in [3.05, 3.63) is 24.2 Å². The number of hydrogen-bond acceptors (Lipinski definition) is 8. The molecule has 10 heteroatoms. The van der Waals surface area contributed by atoms with E-state index in [2.05, 4.69) is 33.4 Å². The largest absolute Gasteiger partial charge is 0.466 e. The quantitative estimate of drug-likeness (QED) is 0.662. The van der Waals surface area contributed by atoms with Crippen molar-refractivity contribution in [2.75, 3.05) is 25.1 Å². The molecule has 0 bridgehead atoms. The highest BCUT2D eigenvalue weighted by molar-refractivity contribution is 5.79. The van der Waals surface area contributed by atoms with Crippen molar-refractivity contribution in [3.8, 4) is 11.9 Å². The molecule has 0 amide bonds. The molecule has 3 aromatic rings. The molecule has 31 heavy (non-hydrogen) atoms. The zero-order valence-corrected chi connectivity index (χ0v) is 17.5. The molecule has 1 N–H and O–H groups in total. The standard InChI is InChI=1S/C21H25N7O3/c1-12-9-29-10-16(12)28-14(6-22)5-13-7-23-20(25-18(13)28)24-15-8-27(4)26-19(15)31-17-11-30-21(17,2)3/h5,7-8,12,16-17H,9-11H2,1-4H3,(H,23,24,25)/t12-,16-,17-/m0/s1/i4D3. The summed E-state index contributed by atoms with van der Waals surface area (Å²) in [6.07, 6.45) is 2.69. The van der Waals surface area contributed by atoms with Crippen molar-refractivity contribution in [3.63, 3.8) is 0 Å². The highest BCUT2D eigenvalue weighted by Gasteiger charge is 2.43. The van der Waals surface area contributed by atoms with Gasteiger partial charge < -0.3 is 24.1 Å². The molecule has 10 nitrogen and oxygen atoms in total. The second-order valence-electron chi connectivity index (χ2n) is 8.50. The van der Waals surface area contributed by atoms with Gasteiger partial charge in [-0.1, -0.05) is 6.92 Å². The van der Waals surface area contributed by atoms with E-state index in [1.54, 1.807) is 12.3 Å². The van der Waals surface area contributed by atoms with E-state index in [4.69, 9.17) is 18.3 Å². The lowest BCUT2D eigenvalue weighted by Crippen LogP contribution is -2.56. The van der Waals surface area contributed by atoms with Crippen LogP contribution in [0.15, 0.2) is 18.5 Å². The maximum atomic E-state index is 9.67. The second kappa shape index (κ2) is 7.21. The van der Waals surface area contributed by atoms with E-state index in [1.807, 2.05) is 18.4 Å². The van der Waals surface area contributed by atoms with Gasteiger partial charge in [-0.25, -0.2) is 4.98 Å². The molecule has 3 atom stereocenters. The number of aromatic nitrogens is 5. The van der Waals surface area contributed by atoms with Crippen LogP contribution in [0.5, 0.6) is 5.88 Å². The van der Waals surface area contributed by atoms with Crippen molar-refractivity contribution in [2.24, 2.45) is 12.9 Å². The van der Waals surface area contributed by atoms with Crippen LogP contribution >= 0.6 is 0 Å². The van der Waals surface area contributed by atoms with Gasteiger partial charge in [-0.3, -0.25) is 4.68 Å². The number of ether oxygens (including phenoxy) is 3. The Bertz CT molecular complexity index is 1280. The van der Waals surface area contributed by atoms with Gasteiger partial charge in [-0.2, -0.15) is 10.2 Å². The Balaban J connectivity index is 1.51. The molecule has 5 rings (SSSR count). The summed E-state index contributed by atoms with van der Waals surface area (Å²) in [7, 11) is 0. The number of anilines is 2. The average molecular weight is 426 g/mol. The van der Waals surface area contributed by atoms with Gasteiger partial charge in [-0.15, -0.1) is 5.10 Å². The average Bonchev–Trinajstić information content (AvgIpc) is 3.47. The number of nitrogens with one attached hydrogen (secondary N) is 1. The number of fused-ring (bicyclic) bond motifs is 1. The van der Waals surface area contributed by atoms with Crippen LogP contribution in [0.25, 0.3) is 11.0 Å². The summed E-state index contributed by atoms with van der Waals surface area (Å²) in [6, 6.07) is 3.97. The van der Waals surface area contributed by atoms with E-state index in [9.17, 15) is 5.26 Å². The molecule has 2 aliphatic rings. The molecule has 2 saturated heterocycles. The van der Waals surface area contributed by atoms with Gasteiger partial charge in [0.2, 0.25) is 5.95 Å². The van der Waals surface area contributed by atoms with Crippen LogP contribution in [0.4, 0.5) is 11.6 Å². The Morgan fingerprint density at radius 1 is 1.39 bits per heavy atom. The van der Waals surface area contributed by atoms with Crippen LogP contribution < -0.4 is 10.1 Å². The number of hydrogen-bond donors (Lipinski definition) is 1. The van der Waals surface area contributed by atoms with E-state index in [-0.39, 0.29) is 29.9 Å². The summed E-state index contributed by atoms with van der Waals surface area (Å²) in [4.78, 5) is 9.01. The van der Waals surface area contributed by atoms with Crippen molar-refractivity contribution in [1.29, 1.82) is 5.26 Å². The minimum Gasteiger partial charge on any atom is -0.466 e. The maximum absolute atomic E-state index is 9.67. The molecule has 2 aliphatic heterocycles. The van der Waals surface area contributed by atoms with Gasteiger partial charge in [0, 0.05) is 28.6 Å². The van der Waals surface area contributed by atoms with E-state index in [1.165, 1.54) is 6.20 Å². The molecule has 0 saturated carbocycles. The van der Waals surface area contributed by atoms with Crippen LogP contribution in [0, 0.1) is 17.2 Å². The van der Waals surface area contributed by atoms with Gasteiger partial charge in [0.1, 0.15) is 28.7 Å². The van der Waals surface area contributed by atoms with E-state index < -0.39 is 12.6 Å². The normalized spacial score (nSPS) is 26.5. The van der Waals surface area contributed by atoms with Crippen molar-refractivity contribution >= 4 is 22.7 Å². The maximum Gasteiger partial charge on any atom is 0.257 e. The third kappa shape index (κ3) is 3.40. The third-order valence-corrected chi connectivity index (χ3v) is 5.91. The van der Waals surface area contributed by atoms with Gasteiger partial charge >= 0.3 is 0 Å². The Hall–Kier alpha value is -3.16. The van der Waals surface area contributed by atoms with E-state index in [0.29, 0.717) is 36.8 Å². The minimum absolute atomic E-state index is 0.0204. The number of nitrogens with zero attached hydrogens (tertiary/aromatic N) is 6. The van der Waals surface area contributed by atoms with Crippen LogP contribution in [0.1, 0.15) is 36.6 Å². The smallest absolute Gasteiger partial charge is 0.257 e. The Morgan fingerprint density at radius 3 is 2.90 bits per heavy atom. The number of nitriles is 1. The van der Waals surface area contributed by atoms with Crippen LogP contribution in [0.3, 0.4) is 0 Å². The second-order valence-corrected chi connectivity index (χ2v) is 8.50. The molecular weight excluding hydrogens is 398 g/mol. The Morgan fingerprint density at radius 2 is 2.26 bits per heavy atom. The lowest BCUT2D eigenvalue weighted by atomic mass is 9.96. The molecule has 0 aliphatic carbocycles. The first kappa shape index (κ1) is 16.5. The summed E-state index contributed by atoms with van der Waals surface area (Å²) < 4.78 is 43.0. The van der Waals surface area contributed by atoms with Gasteiger partial charge in [0.25, 0.3) is 5.88 Å². The fourth-order valence-electron chi connectivity index (χ4n) is 3.92. The molecule has 5 heterocycles. The van der Waals surface area contributed by atoms with Crippen LogP contribution in [-0.2, 0) is 16.4 Å². The summed E-state index contributed by atoms with van der Waals surface area (Å²) in [5.41, 5.74) is 0.880. The lowest BCUT2D eigenvalue weighted by Gasteiger charge is -2.43. The summed E-state index contributed by atoms with van der Waals surface area (Å²) in [5.74, 6) is 0.564. The van der Waals surface area contributed by atoms with Gasteiger partial charge in [-0.05, 0) is 19.9 Å². The molecule has 3 aromatic heterocycles. The first-order valence-corrected chi connectivity index (χ1v) is 10.1. The first-order valence-electron chi connectivity index (χ1n) is 11.6. The molecule has 0 radical (unpaired) electrons. The molecule has 0 spiro atoms. The van der Waals surface area contributed by atoms with Gasteiger partial charge in [0.15, 0.2) is 6.10 Å². The van der Waals surface area contributed by atoms with Crippen molar-refractivity contribution in [2.45, 2.75) is 38.5 Å². The molecule has 0 aromatic carbocycles. The molecule has 0 unspecified atom stereocenters. The highest BCUT2D eigenvalue weighted by Crippen LogP contribution is 2.34. The summed E-state index contributed by atoms with van der Waals surface area (Å²) in [5, 5.41) is 17.6.